The summed E-state index contributed by atoms with van der Waals surface area (Å²) in [4.78, 5) is 12.6. The molecule has 1 rings (SSSR count). The number of nitrogens with two attached hydrogens (primary N) is 1. The maximum absolute atomic E-state index is 10.0. The largest absolute Gasteiger partial charge is 0.477 e. The molecule has 7 heteroatoms. The van der Waals surface area contributed by atoms with E-state index in [2.05, 4.69) is 4.98 Å². The lowest BCUT2D eigenvalue weighted by molar-refractivity contribution is 0.0688. The molecule has 1 heterocycles. The van der Waals surface area contributed by atoms with E-state index in [-0.39, 0.29) is 5.69 Å². The Bertz CT molecular complexity index is 287. The average molecular weight is 232 g/mol. The summed E-state index contributed by atoms with van der Waals surface area (Å²) in [5, 5.41) is 33.3. The van der Waals surface area contributed by atoms with Crippen LogP contribution < -0.4 is 5.73 Å². The Balaban J connectivity index is 0.000000281. The molecule has 92 valence electrons. The van der Waals surface area contributed by atoms with Crippen LogP contribution in [0, 0.1) is 0 Å². The molecule has 0 aromatic carbocycles. The van der Waals surface area contributed by atoms with Crippen LogP contribution in [0.25, 0.3) is 0 Å². The normalized spacial score (nSPS) is 10.5. The zero-order valence-corrected chi connectivity index (χ0v) is 8.63. The number of rotatable bonds is 4. The molecule has 0 aliphatic heterocycles. The molecule has 1 aromatic heterocycles. The molecule has 0 spiro atoms. The van der Waals surface area contributed by atoms with Crippen LogP contribution in [0.5, 0.6) is 0 Å². The number of H-pyrrole nitrogens is 1. The molecule has 0 atom stereocenters. The van der Waals surface area contributed by atoms with Crippen molar-refractivity contribution in [3.8, 4) is 0 Å². The number of carbonyl (C=O) groups is 1. The topological polar surface area (TPSA) is 140 Å². The highest BCUT2D eigenvalue weighted by molar-refractivity contribution is 5.85. The predicted octanol–water partition coefficient (Wildman–Crippen LogP) is -1.63. The number of aromatic carboxylic acids is 1. The molecule has 0 radical (unpaired) electrons. The van der Waals surface area contributed by atoms with Crippen LogP contribution in [-0.2, 0) is 0 Å². The standard InChI is InChI=1S/C5H5NO2.C4H11NO3/c7-5(8)4-2-1-3-6-4;5-4(1-6,2-7)3-8/h1-3,6H,(H,7,8);6-8H,1-3,5H2. The van der Waals surface area contributed by atoms with Crippen molar-refractivity contribution in [3.63, 3.8) is 0 Å². The van der Waals surface area contributed by atoms with Gasteiger partial charge in [-0.1, -0.05) is 0 Å². The second kappa shape index (κ2) is 6.96. The van der Waals surface area contributed by atoms with Crippen molar-refractivity contribution in [2.45, 2.75) is 5.54 Å². The molecular formula is C9H16N2O5. The third-order valence-electron chi connectivity index (χ3n) is 1.77. The second-order valence-corrected chi connectivity index (χ2v) is 3.23. The Morgan fingerprint density at radius 2 is 1.81 bits per heavy atom. The van der Waals surface area contributed by atoms with Crippen molar-refractivity contribution in [2.75, 3.05) is 19.8 Å². The number of hydrogen-bond donors (Lipinski definition) is 6. The smallest absolute Gasteiger partial charge is 0.352 e. The van der Waals surface area contributed by atoms with Gasteiger partial charge in [0.1, 0.15) is 5.69 Å². The first-order chi connectivity index (χ1) is 7.49. The average Bonchev–Trinajstić information content (AvgIpc) is 2.82. The van der Waals surface area contributed by atoms with E-state index < -0.39 is 31.3 Å². The Morgan fingerprint density at radius 3 is 1.94 bits per heavy atom. The minimum atomic E-state index is -1.21. The SMILES string of the molecule is NC(CO)(CO)CO.O=C(O)c1ccc[nH]1. The number of nitrogens with one attached hydrogen (secondary N) is 1. The Hall–Kier alpha value is -1.41. The molecule has 0 fully saturated rings. The minimum absolute atomic E-state index is 0.227. The zero-order valence-electron chi connectivity index (χ0n) is 8.63. The van der Waals surface area contributed by atoms with E-state index in [1.807, 2.05) is 0 Å². The molecule has 0 unspecified atom stereocenters. The number of aromatic nitrogens is 1. The highest BCUT2D eigenvalue weighted by Gasteiger charge is 2.20. The van der Waals surface area contributed by atoms with Crippen LogP contribution >= 0.6 is 0 Å². The van der Waals surface area contributed by atoms with Crippen LogP contribution in [0.4, 0.5) is 0 Å². The summed E-state index contributed by atoms with van der Waals surface area (Å²) in [6.45, 7) is -1.21. The van der Waals surface area contributed by atoms with Crippen molar-refractivity contribution < 1.29 is 25.2 Å². The van der Waals surface area contributed by atoms with Crippen molar-refractivity contribution in [2.24, 2.45) is 5.73 Å². The first-order valence-corrected chi connectivity index (χ1v) is 4.47. The summed E-state index contributed by atoms with van der Waals surface area (Å²) in [6, 6.07) is 3.14. The van der Waals surface area contributed by atoms with Gasteiger partial charge in [-0.25, -0.2) is 4.79 Å². The van der Waals surface area contributed by atoms with Gasteiger partial charge in [0.2, 0.25) is 0 Å². The van der Waals surface area contributed by atoms with Crippen molar-refractivity contribution in [1.29, 1.82) is 0 Å². The Kier molecular flexibility index (Phi) is 6.35. The predicted molar refractivity (Wildman–Crippen MR) is 55.9 cm³/mol. The quantitative estimate of drug-likeness (QED) is 0.368. The van der Waals surface area contributed by atoms with Crippen LogP contribution in [0.15, 0.2) is 18.3 Å². The number of aliphatic hydroxyl groups excluding tert-OH is 3. The highest BCUT2D eigenvalue weighted by Crippen LogP contribution is 1.93. The van der Waals surface area contributed by atoms with Crippen molar-refractivity contribution in [3.05, 3.63) is 24.0 Å². The van der Waals surface area contributed by atoms with Gasteiger partial charge in [0.15, 0.2) is 0 Å². The molecule has 7 N–H and O–H groups in total. The first kappa shape index (κ1) is 14.6. The van der Waals surface area contributed by atoms with Gasteiger partial charge in [-0.15, -0.1) is 0 Å². The van der Waals surface area contributed by atoms with Crippen molar-refractivity contribution in [1.82, 2.24) is 4.98 Å². The van der Waals surface area contributed by atoms with Crippen LogP contribution in [0.1, 0.15) is 10.5 Å². The number of carboxylic acid groups (broad SMARTS) is 1. The van der Waals surface area contributed by atoms with E-state index in [0.717, 1.165) is 0 Å². The molecular weight excluding hydrogens is 216 g/mol. The molecule has 0 bridgehead atoms. The third-order valence-corrected chi connectivity index (χ3v) is 1.77. The van der Waals surface area contributed by atoms with Crippen LogP contribution in [-0.4, -0.2) is 56.7 Å². The van der Waals surface area contributed by atoms with Crippen molar-refractivity contribution >= 4 is 5.97 Å². The first-order valence-electron chi connectivity index (χ1n) is 4.47. The summed E-state index contributed by atoms with van der Waals surface area (Å²) in [7, 11) is 0. The lowest BCUT2D eigenvalue weighted by atomic mass is 10.1. The fourth-order valence-corrected chi connectivity index (χ4v) is 0.613. The lowest BCUT2D eigenvalue weighted by Gasteiger charge is -2.20. The number of aromatic amines is 1. The van der Waals surface area contributed by atoms with E-state index in [1.54, 1.807) is 12.3 Å². The number of carboxylic acids is 1. The summed E-state index contributed by atoms with van der Waals surface area (Å²) in [6.07, 6.45) is 1.57. The molecule has 0 amide bonds. The van der Waals surface area contributed by atoms with Gasteiger partial charge in [0.25, 0.3) is 0 Å². The number of hydrogen-bond acceptors (Lipinski definition) is 5. The zero-order chi connectivity index (χ0) is 12.6. The third kappa shape index (κ3) is 4.89. The fourth-order valence-electron chi connectivity index (χ4n) is 0.613. The molecule has 0 aliphatic rings. The van der Waals surface area contributed by atoms with E-state index in [9.17, 15) is 4.79 Å². The summed E-state index contributed by atoms with van der Waals surface area (Å²) < 4.78 is 0. The van der Waals surface area contributed by atoms with Gasteiger partial charge in [0, 0.05) is 6.20 Å². The minimum Gasteiger partial charge on any atom is -0.477 e. The van der Waals surface area contributed by atoms with E-state index in [0.29, 0.717) is 0 Å². The van der Waals surface area contributed by atoms with Gasteiger partial charge in [-0.2, -0.15) is 0 Å². The Labute approximate surface area is 92.1 Å². The van der Waals surface area contributed by atoms with Gasteiger partial charge < -0.3 is 31.1 Å². The summed E-state index contributed by atoms with van der Waals surface area (Å²) in [5.74, 6) is -0.921. The molecule has 0 aliphatic carbocycles. The monoisotopic (exact) mass is 232 g/mol. The molecule has 7 nitrogen and oxygen atoms in total. The van der Waals surface area contributed by atoms with Gasteiger partial charge in [-0.05, 0) is 12.1 Å². The number of aliphatic hydroxyl groups is 3. The molecule has 16 heavy (non-hydrogen) atoms. The molecule has 0 saturated carbocycles. The highest BCUT2D eigenvalue weighted by atomic mass is 16.4. The second-order valence-electron chi connectivity index (χ2n) is 3.23. The van der Waals surface area contributed by atoms with E-state index in [4.69, 9.17) is 26.2 Å². The summed E-state index contributed by atoms with van der Waals surface area (Å²) in [5.41, 5.74) is 4.16. The molecule has 1 aromatic rings. The Morgan fingerprint density at radius 1 is 1.31 bits per heavy atom. The maximum atomic E-state index is 10.0. The maximum Gasteiger partial charge on any atom is 0.352 e. The van der Waals surface area contributed by atoms with Crippen LogP contribution in [0.2, 0.25) is 0 Å². The lowest BCUT2D eigenvalue weighted by Crippen LogP contribution is -2.50. The van der Waals surface area contributed by atoms with Gasteiger partial charge in [0.05, 0.1) is 25.4 Å². The van der Waals surface area contributed by atoms with E-state index in [1.165, 1.54) is 6.07 Å². The van der Waals surface area contributed by atoms with Gasteiger partial charge >= 0.3 is 5.97 Å². The fraction of sp³-hybridized carbons (Fsp3) is 0.444. The molecule has 0 saturated heterocycles. The van der Waals surface area contributed by atoms with E-state index >= 15 is 0 Å². The van der Waals surface area contributed by atoms with Gasteiger partial charge in [-0.3, -0.25) is 0 Å². The van der Waals surface area contributed by atoms with Crippen LogP contribution in [0.3, 0.4) is 0 Å². The summed E-state index contributed by atoms with van der Waals surface area (Å²) >= 11 is 0.